The molecule has 2 unspecified atom stereocenters. The number of hydrogen-bond acceptors (Lipinski definition) is 5. The number of para-hydroxylation sites is 1. The van der Waals surface area contributed by atoms with E-state index in [-0.39, 0.29) is 12.3 Å². The number of hydrazone groups is 1. The Kier molecular flexibility index (Phi) is 4.09. The van der Waals surface area contributed by atoms with Gasteiger partial charge in [-0.25, -0.2) is 5.01 Å². The molecule has 5 heteroatoms. The zero-order valence-corrected chi connectivity index (χ0v) is 15.9. The van der Waals surface area contributed by atoms with E-state index in [0.717, 1.165) is 34.8 Å². The second-order valence-electron chi connectivity index (χ2n) is 6.67. The Morgan fingerprint density at radius 1 is 1.15 bits per heavy atom. The summed E-state index contributed by atoms with van der Waals surface area (Å²) in [4.78, 5) is 0. The standard InChI is InChI=1S/C22H20N2O2S/c1-2-25-17-9-7-15(8-10-17)19-13-20-18-5-3-4-6-21(18)26-22(24(20)23-19)16-11-12-27-14-16/h3-12,14,20,22H,2,13H2,1H3. The van der Waals surface area contributed by atoms with Gasteiger partial charge in [0.2, 0.25) is 6.23 Å². The topological polar surface area (TPSA) is 34.1 Å². The van der Waals surface area contributed by atoms with E-state index in [9.17, 15) is 0 Å². The molecule has 2 aromatic carbocycles. The SMILES string of the molecule is CCOc1ccc(C2=NN3C(C2)c2ccccc2OC3c2ccsc2)cc1. The number of rotatable bonds is 4. The van der Waals surface area contributed by atoms with Crippen LogP contribution in [0.3, 0.4) is 0 Å². The molecule has 0 spiro atoms. The molecule has 2 aliphatic heterocycles. The maximum atomic E-state index is 6.33. The van der Waals surface area contributed by atoms with Crippen LogP contribution in [0, 0.1) is 0 Å². The molecule has 0 saturated carbocycles. The van der Waals surface area contributed by atoms with Gasteiger partial charge >= 0.3 is 0 Å². The second-order valence-corrected chi connectivity index (χ2v) is 7.45. The fourth-order valence-electron chi connectivity index (χ4n) is 3.75. The average Bonchev–Trinajstić information content (AvgIpc) is 3.39. The Morgan fingerprint density at radius 2 is 2.00 bits per heavy atom. The number of ether oxygens (including phenoxy) is 2. The van der Waals surface area contributed by atoms with Gasteiger partial charge in [0, 0.05) is 17.5 Å². The maximum absolute atomic E-state index is 6.33. The third kappa shape index (κ3) is 2.88. The van der Waals surface area contributed by atoms with Crippen molar-refractivity contribution in [2.45, 2.75) is 25.6 Å². The van der Waals surface area contributed by atoms with Crippen LogP contribution in [0.25, 0.3) is 0 Å². The fourth-order valence-corrected chi connectivity index (χ4v) is 4.42. The largest absolute Gasteiger partial charge is 0.494 e. The lowest BCUT2D eigenvalue weighted by Crippen LogP contribution is -2.33. The molecule has 5 rings (SSSR count). The summed E-state index contributed by atoms with van der Waals surface area (Å²) in [5.74, 6) is 1.85. The second kappa shape index (κ2) is 6.74. The van der Waals surface area contributed by atoms with E-state index in [1.165, 1.54) is 5.56 Å². The Balaban J connectivity index is 1.52. The van der Waals surface area contributed by atoms with Gasteiger partial charge in [0.15, 0.2) is 0 Å². The molecule has 27 heavy (non-hydrogen) atoms. The molecular weight excluding hydrogens is 356 g/mol. The molecule has 2 atom stereocenters. The Bertz CT molecular complexity index is 966. The van der Waals surface area contributed by atoms with Crippen molar-refractivity contribution in [2.24, 2.45) is 5.10 Å². The summed E-state index contributed by atoms with van der Waals surface area (Å²) in [5, 5.41) is 11.3. The minimum absolute atomic E-state index is 0.184. The molecule has 0 saturated heterocycles. The van der Waals surface area contributed by atoms with Crippen molar-refractivity contribution in [3.63, 3.8) is 0 Å². The molecule has 1 aromatic heterocycles. The summed E-state index contributed by atoms with van der Waals surface area (Å²) in [6, 6.07) is 18.8. The lowest BCUT2D eigenvalue weighted by molar-refractivity contribution is -0.0187. The predicted octanol–water partition coefficient (Wildman–Crippen LogP) is 5.39. The van der Waals surface area contributed by atoms with E-state index < -0.39 is 0 Å². The lowest BCUT2D eigenvalue weighted by Gasteiger charge is -2.37. The van der Waals surface area contributed by atoms with E-state index in [2.05, 4.69) is 52.2 Å². The molecular formula is C22H20N2O2S. The van der Waals surface area contributed by atoms with Crippen LogP contribution in [0.4, 0.5) is 0 Å². The summed E-state index contributed by atoms with van der Waals surface area (Å²) in [6.07, 6.45) is 0.686. The van der Waals surface area contributed by atoms with Crippen LogP contribution >= 0.6 is 11.3 Å². The van der Waals surface area contributed by atoms with Gasteiger partial charge in [-0.1, -0.05) is 18.2 Å². The van der Waals surface area contributed by atoms with E-state index in [0.29, 0.717) is 6.61 Å². The van der Waals surface area contributed by atoms with Gasteiger partial charge in [-0.15, -0.1) is 0 Å². The van der Waals surface area contributed by atoms with Crippen molar-refractivity contribution >= 4 is 17.0 Å². The summed E-state index contributed by atoms with van der Waals surface area (Å²) in [6.45, 7) is 2.67. The number of benzene rings is 2. The average molecular weight is 376 g/mol. The molecule has 0 radical (unpaired) electrons. The lowest BCUT2D eigenvalue weighted by atomic mass is 9.96. The highest BCUT2D eigenvalue weighted by Crippen LogP contribution is 2.47. The quantitative estimate of drug-likeness (QED) is 0.612. The van der Waals surface area contributed by atoms with E-state index >= 15 is 0 Å². The number of fused-ring (bicyclic) bond motifs is 3. The van der Waals surface area contributed by atoms with Gasteiger partial charge in [-0.2, -0.15) is 16.4 Å². The summed E-state index contributed by atoms with van der Waals surface area (Å²) in [5.41, 5.74) is 4.57. The van der Waals surface area contributed by atoms with Crippen molar-refractivity contribution in [3.8, 4) is 11.5 Å². The van der Waals surface area contributed by atoms with Crippen molar-refractivity contribution in [1.29, 1.82) is 0 Å². The minimum Gasteiger partial charge on any atom is -0.494 e. The van der Waals surface area contributed by atoms with Crippen LogP contribution in [0.1, 0.15) is 42.3 Å². The first-order chi connectivity index (χ1) is 13.3. The molecule has 2 aliphatic rings. The molecule has 4 nitrogen and oxygen atoms in total. The highest BCUT2D eigenvalue weighted by atomic mass is 32.1. The zero-order chi connectivity index (χ0) is 18.2. The highest BCUT2D eigenvalue weighted by molar-refractivity contribution is 7.07. The van der Waals surface area contributed by atoms with Crippen molar-refractivity contribution in [3.05, 3.63) is 82.0 Å². The normalized spacial score (nSPS) is 20.5. The van der Waals surface area contributed by atoms with E-state index in [1.54, 1.807) is 11.3 Å². The third-order valence-corrected chi connectivity index (χ3v) is 5.73. The first kappa shape index (κ1) is 16.4. The van der Waals surface area contributed by atoms with Crippen molar-refractivity contribution in [2.75, 3.05) is 6.61 Å². The molecule has 0 N–H and O–H groups in total. The van der Waals surface area contributed by atoms with E-state index in [1.807, 2.05) is 25.1 Å². The van der Waals surface area contributed by atoms with Crippen LogP contribution in [0.5, 0.6) is 11.5 Å². The molecule has 0 fully saturated rings. The Labute approximate surface area is 162 Å². The number of nitrogens with zero attached hydrogens (tertiary/aromatic N) is 2. The van der Waals surface area contributed by atoms with E-state index in [4.69, 9.17) is 14.6 Å². The van der Waals surface area contributed by atoms with Gasteiger partial charge in [0.25, 0.3) is 0 Å². The minimum atomic E-state index is -0.184. The van der Waals surface area contributed by atoms with Crippen LogP contribution in [-0.4, -0.2) is 17.3 Å². The first-order valence-corrected chi connectivity index (χ1v) is 10.1. The molecule has 0 amide bonds. The van der Waals surface area contributed by atoms with Crippen LogP contribution < -0.4 is 9.47 Å². The highest BCUT2D eigenvalue weighted by Gasteiger charge is 2.40. The van der Waals surface area contributed by atoms with Gasteiger partial charge in [0.05, 0.1) is 18.4 Å². The van der Waals surface area contributed by atoms with Gasteiger partial charge in [-0.3, -0.25) is 0 Å². The van der Waals surface area contributed by atoms with Gasteiger partial charge in [-0.05, 0) is 59.6 Å². The van der Waals surface area contributed by atoms with Crippen LogP contribution in [0.2, 0.25) is 0 Å². The smallest absolute Gasteiger partial charge is 0.214 e. The molecule has 136 valence electrons. The summed E-state index contributed by atoms with van der Waals surface area (Å²) < 4.78 is 11.9. The summed E-state index contributed by atoms with van der Waals surface area (Å²) >= 11 is 1.68. The Hall–Kier alpha value is -2.79. The zero-order valence-electron chi connectivity index (χ0n) is 15.0. The molecule has 0 bridgehead atoms. The molecule has 3 heterocycles. The van der Waals surface area contributed by atoms with Crippen molar-refractivity contribution in [1.82, 2.24) is 5.01 Å². The van der Waals surface area contributed by atoms with Gasteiger partial charge in [0.1, 0.15) is 11.5 Å². The molecule has 3 aromatic rings. The molecule has 0 aliphatic carbocycles. The number of thiophene rings is 1. The monoisotopic (exact) mass is 376 g/mol. The van der Waals surface area contributed by atoms with Crippen LogP contribution in [-0.2, 0) is 0 Å². The van der Waals surface area contributed by atoms with Crippen LogP contribution in [0.15, 0.2) is 70.5 Å². The fraction of sp³-hybridized carbons (Fsp3) is 0.227. The third-order valence-electron chi connectivity index (χ3n) is 5.03. The number of hydrogen-bond donors (Lipinski definition) is 0. The van der Waals surface area contributed by atoms with Crippen molar-refractivity contribution < 1.29 is 9.47 Å². The first-order valence-electron chi connectivity index (χ1n) is 9.20. The maximum Gasteiger partial charge on any atom is 0.214 e. The van der Waals surface area contributed by atoms with Gasteiger partial charge < -0.3 is 9.47 Å². The summed E-state index contributed by atoms with van der Waals surface area (Å²) in [7, 11) is 0. The Morgan fingerprint density at radius 3 is 2.78 bits per heavy atom. The predicted molar refractivity (Wildman–Crippen MR) is 107 cm³/mol.